The van der Waals surface area contributed by atoms with Crippen LogP contribution in [0, 0.1) is 0 Å². The molecule has 23 heavy (non-hydrogen) atoms. The number of amides is 1. The van der Waals surface area contributed by atoms with Gasteiger partial charge in [0.25, 0.3) is 5.91 Å². The number of hydrogen-bond donors (Lipinski definition) is 3. The number of hydrogen-bond acceptors (Lipinski definition) is 3. The van der Waals surface area contributed by atoms with Crippen LogP contribution in [0.15, 0.2) is 41.2 Å². The van der Waals surface area contributed by atoms with Crippen LogP contribution in [0.4, 0.5) is 5.69 Å². The zero-order valence-corrected chi connectivity index (χ0v) is 13.2. The molecule has 0 aliphatic heterocycles. The number of carbonyl (C=O) groups excluding carboxylic acids is 1. The predicted molar refractivity (Wildman–Crippen MR) is 89.5 cm³/mol. The summed E-state index contributed by atoms with van der Waals surface area (Å²) in [6.07, 6.45) is 0. The number of anilines is 1. The molecule has 0 unspecified atom stereocenters. The molecule has 0 aliphatic rings. The largest absolute Gasteiger partial charge is 0.484 e. The van der Waals surface area contributed by atoms with Gasteiger partial charge in [0.05, 0.1) is 21.1 Å². The van der Waals surface area contributed by atoms with Crippen molar-refractivity contribution < 1.29 is 9.53 Å². The SMILES string of the molecule is O=C(COc1ccc(Cl)c(Cl)c1)Nc1ccc2[nH]c(=O)[nH]c2c1. The van der Waals surface area contributed by atoms with Crippen LogP contribution >= 0.6 is 23.2 Å². The van der Waals surface area contributed by atoms with Gasteiger partial charge in [0, 0.05) is 11.8 Å². The van der Waals surface area contributed by atoms with E-state index in [2.05, 4.69) is 15.3 Å². The molecule has 1 aromatic heterocycles. The lowest BCUT2D eigenvalue weighted by Gasteiger charge is -2.08. The molecule has 0 aliphatic carbocycles. The Morgan fingerprint density at radius 1 is 1.04 bits per heavy atom. The lowest BCUT2D eigenvalue weighted by molar-refractivity contribution is -0.118. The fourth-order valence-corrected chi connectivity index (χ4v) is 2.31. The molecule has 0 spiro atoms. The molecule has 0 radical (unpaired) electrons. The normalized spacial score (nSPS) is 10.7. The Kier molecular flexibility index (Phi) is 4.27. The summed E-state index contributed by atoms with van der Waals surface area (Å²) in [6, 6.07) is 9.79. The molecule has 0 bridgehead atoms. The number of rotatable bonds is 4. The molecule has 0 fully saturated rings. The summed E-state index contributed by atoms with van der Waals surface area (Å²) in [6.45, 7) is -0.181. The average Bonchev–Trinajstić information content (AvgIpc) is 2.88. The monoisotopic (exact) mass is 351 g/mol. The van der Waals surface area contributed by atoms with E-state index < -0.39 is 0 Å². The number of ether oxygens (including phenoxy) is 1. The first-order chi connectivity index (χ1) is 11.0. The third-order valence-electron chi connectivity index (χ3n) is 3.06. The molecule has 1 heterocycles. The maximum Gasteiger partial charge on any atom is 0.323 e. The van der Waals surface area contributed by atoms with Crippen LogP contribution in [0.25, 0.3) is 11.0 Å². The van der Waals surface area contributed by atoms with E-state index in [1.54, 1.807) is 30.3 Å². The van der Waals surface area contributed by atoms with Crippen molar-refractivity contribution in [1.82, 2.24) is 9.97 Å². The molecule has 0 saturated heterocycles. The summed E-state index contributed by atoms with van der Waals surface area (Å²) in [5.74, 6) is 0.105. The van der Waals surface area contributed by atoms with Gasteiger partial charge in [-0.2, -0.15) is 0 Å². The van der Waals surface area contributed by atoms with Gasteiger partial charge in [-0.05, 0) is 30.3 Å². The quantitative estimate of drug-likeness (QED) is 0.674. The number of halogens is 2. The van der Waals surface area contributed by atoms with E-state index in [4.69, 9.17) is 27.9 Å². The summed E-state index contributed by atoms with van der Waals surface area (Å²) >= 11 is 11.7. The highest BCUT2D eigenvalue weighted by Crippen LogP contribution is 2.26. The van der Waals surface area contributed by atoms with Crippen molar-refractivity contribution in [1.29, 1.82) is 0 Å². The van der Waals surface area contributed by atoms with Crippen molar-refractivity contribution in [2.45, 2.75) is 0 Å². The van der Waals surface area contributed by atoms with Crippen molar-refractivity contribution in [3.05, 3.63) is 56.9 Å². The fourth-order valence-electron chi connectivity index (χ4n) is 2.02. The second kappa shape index (κ2) is 6.36. The Morgan fingerprint density at radius 2 is 1.83 bits per heavy atom. The van der Waals surface area contributed by atoms with E-state index in [0.29, 0.717) is 32.5 Å². The maximum absolute atomic E-state index is 11.9. The Bertz CT molecular complexity index is 933. The van der Waals surface area contributed by atoms with E-state index in [0.717, 1.165) is 0 Å². The summed E-state index contributed by atoms with van der Waals surface area (Å²) in [4.78, 5) is 28.3. The number of aromatic nitrogens is 2. The lowest BCUT2D eigenvalue weighted by Crippen LogP contribution is -2.20. The minimum Gasteiger partial charge on any atom is -0.484 e. The Labute approximate surface area is 140 Å². The highest BCUT2D eigenvalue weighted by Gasteiger charge is 2.07. The fraction of sp³-hybridized carbons (Fsp3) is 0.0667. The van der Waals surface area contributed by atoms with Crippen LogP contribution in [0.2, 0.25) is 10.0 Å². The Hall–Kier alpha value is -2.44. The number of H-pyrrole nitrogens is 2. The van der Waals surface area contributed by atoms with Gasteiger partial charge in [0.1, 0.15) is 5.75 Å². The standard InChI is InChI=1S/C15H11Cl2N3O3/c16-10-3-2-9(6-11(10)17)23-7-14(21)18-8-1-4-12-13(5-8)20-15(22)19-12/h1-6H,7H2,(H,18,21)(H2,19,20,22). The second-order valence-corrected chi connectivity index (χ2v) is 5.57. The minimum absolute atomic E-state index is 0.181. The summed E-state index contributed by atoms with van der Waals surface area (Å²) in [5, 5.41) is 3.45. The first-order valence-corrected chi connectivity index (χ1v) is 7.36. The number of aromatic amines is 2. The zero-order valence-electron chi connectivity index (χ0n) is 11.7. The van der Waals surface area contributed by atoms with Crippen molar-refractivity contribution >= 4 is 45.8 Å². The summed E-state index contributed by atoms with van der Waals surface area (Å²) in [5.41, 5.74) is 1.53. The number of benzene rings is 2. The molecule has 0 saturated carbocycles. The lowest BCUT2D eigenvalue weighted by atomic mass is 10.3. The molecule has 8 heteroatoms. The summed E-state index contributed by atoms with van der Waals surface area (Å²) in [7, 11) is 0. The van der Waals surface area contributed by atoms with Gasteiger partial charge in [0.2, 0.25) is 0 Å². The number of imidazole rings is 1. The number of fused-ring (bicyclic) bond motifs is 1. The molecule has 118 valence electrons. The highest BCUT2D eigenvalue weighted by atomic mass is 35.5. The van der Waals surface area contributed by atoms with E-state index in [1.165, 1.54) is 6.07 Å². The molecule has 0 atom stereocenters. The second-order valence-electron chi connectivity index (χ2n) is 4.75. The Balaban J connectivity index is 1.63. The van der Waals surface area contributed by atoms with Crippen LogP contribution in [0.5, 0.6) is 5.75 Å². The molecular weight excluding hydrogens is 341 g/mol. The van der Waals surface area contributed by atoms with Crippen LogP contribution < -0.4 is 15.7 Å². The number of nitrogens with one attached hydrogen (secondary N) is 3. The van der Waals surface area contributed by atoms with Crippen LogP contribution in [-0.2, 0) is 4.79 Å². The number of carbonyl (C=O) groups is 1. The first kappa shape index (κ1) is 15.5. The van der Waals surface area contributed by atoms with Crippen LogP contribution in [0.1, 0.15) is 0 Å². The smallest absolute Gasteiger partial charge is 0.323 e. The third kappa shape index (κ3) is 3.67. The van der Waals surface area contributed by atoms with Gasteiger partial charge in [-0.1, -0.05) is 23.2 Å². The zero-order chi connectivity index (χ0) is 16.4. The molecule has 6 nitrogen and oxygen atoms in total. The van der Waals surface area contributed by atoms with E-state index in [-0.39, 0.29) is 18.2 Å². The van der Waals surface area contributed by atoms with Gasteiger partial charge in [-0.15, -0.1) is 0 Å². The maximum atomic E-state index is 11.9. The predicted octanol–water partition coefficient (Wildman–Crippen LogP) is 3.18. The van der Waals surface area contributed by atoms with Gasteiger partial charge < -0.3 is 20.0 Å². The molecule has 2 aromatic carbocycles. The molecule has 3 rings (SSSR count). The van der Waals surface area contributed by atoms with Gasteiger partial charge in [0.15, 0.2) is 6.61 Å². The highest BCUT2D eigenvalue weighted by molar-refractivity contribution is 6.42. The van der Waals surface area contributed by atoms with Gasteiger partial charge in [-0.25, -0.2) is 4.79 Å². The van der Waals surface area contributed by atoms with Crippen molar-refractivity contribution in [2.24, 2.45) is 0 Å². The van der Waals surface area contributed by atoms with E-state index in [9.17, 15) is 9.59 Å². The first-order valence-electron chi connectivity index (χ1n) is 6.61. The topological polar surface area (TPSA) is 87.0 Å². The van der Waals surface area contributed by atoms with Gasteiger partial charge in [-0.3, -0.25) is 4.79 Å². The third-order valence-corrected chi connectivity index (χ3v) is 3.80. The summed E-state index contributed by atoms with van der Waals surface area (Å²) < 4.78 is 5.35. The van der Waals surface area contributed by atoms with E-state index in [1.807, 2.05) is 0 Å². The van der Waals surface area contributed by atoms with Crippen LogP contribution in [0.3, 0.4) is 0 Å². The van der Waals surface area contributed by atoms with Crippen molar-refractivity contribution in [3.63, 3.8) is 0 Å². The van der Waals surface area contributed by atoms with Crippen molar-refractivity contribution in [2.75, 3.05) is 11.9 Å². The average molecular weight is 352 g/mol. The molecular formula is C15H11Cl2N3O3. The van der Waals surface area contributed by atoms with E-state index >= 15 is 0 Å². The van der Waals surface area contributed by atoms with Crippen LogP contribution in [-0.4, -0.2) is 22.5 Å². The minimum atomic E-state index is -0.340. The van der Waals surface area contributed by atoms with Crippen molar-refractivity contribution in [3.8, 4) is 5.75 Å². The molecule has 3 N–H and O–H groups in total. The molecule has 3 aromatic rings. The molecule has 1 amide bonds. The Morgan fingerprint density at radius 3 is 2.61 bits per heavy atom. The van der Waals surface area contributed by atoms with Gasteiger partial charge >= 0.3 is 5.69 Å².